The van der Waals surface area contributed by atoms with Gasteiger partial charge >= 0.3 is 0 Å². The van der Waals surface area contributed by atoms with Crippen LogP contribution in [0.1, 0.15) is 77.6 Å². The van der Waals surface area contributed by atoms with Gasteiger partial charge in [-0.2, -0.15) is 0 Å². The van der Waals surface area contributed by atoms with Crippen LogP contribution in [-0.2, 0) is 9.59 Å². The van der Waals surface area contributed by atoms with E-state index in [1.165, 1.54) is 49.1 Å². The van der Waals surface area contributed by atoms with Crippen molar-refractivity contribution in [3.05, 3.63) is 64.7 Å². The molecule has 210 valence electrons. The Kier molecular flexibility index (Phi) is 10.1. The molecule has 0 radical (unpaired) electrons. The number of aliphatic hydroxyl groups excluding tert-OH is 1. The first kappa shape index (κ1) is 28.7. The number of rotatable bonds is 14. The van der Waals surface area contributed by atoms with Crippen LogP contribution in [0, 0.1) is 16.0 Å². The fraction of sp³-hybridized carbons (Fsp3) is 0.533. The van der Waals surface area contributed by atoms with E-state index in [1.807, 2.05) is 6.07 Å². The highest BCUT2D eigenvalue weighted by molar-refractivity contribution is 6.23. The standard InChI is InChI=1S/C30H40N4O5/c1-2-3-4-5-6-7-8-12-15-27(35)26-21-20-25-28(30(37)32(29(25)36)23-13-10-9-11-14-23)33(26)31-22-16-18-24(19-17-22)34(38)39/h9-11,13-14,16-19,25-28,31,35H,2-8,12,15,20-21H2,1H3/t25?,26?,27?,28-/m0/s1. The third-order valence-corrected chi connectivity index (χ3v) is 7.97. The molecular weight excluding hydrogens is 496 g/mol. The van der Waals surface area contributed by atoms with Crippen LogP contribution in [0.2, 0.25) is 0 Å². The number of aliphatic hydroxyl groups is 1. The molecule has 0 saturated carbocycles. The minimum absolute atomic E-state index is 0.0364. The first-order valence-electron chi connectivity index (χ1n) is 14.3. The van der Waals surface area contributed by atoms with Crippen LogP contribution < -0.4 is 10.3 Å². The van der Waals surface area contributed by atoms with E-state index < -0.39 is 23.0 Å². The van der Waals surface area contributed by atoms with E-state index in [4.69, 9.17) is 0 Å². The number of nitro benzene ring substituents is 1. The topological polar surface area (TPSA) is 116 Å². The maximum atomic E-state index is 13.7. The largest absolute Gasteiger partial charge is 0.391 e. The molecule has 2 aliphatic heterocycles. The van der Waals surface area contributed by atoms with E-state index >= 15 is 0 Å². The van der Waals surface area contributed by atoms with Crippen molar-refractivity contribution < 1.29 is 19.6 Å². The van der Waals surface area contributed by atoms with Gasteiger partial charge in [0, 0.05) is 17.8 Å². The molecule has 2 amide bonds. The number of piperidine rings is 1. The summed E-state index contributed by atoms with van der Waals surface area (Å²) >= 11 is 0. The minimum atomic E-state index is -0.778. The molecule has 3 unspecified atom stereocenters. The molecule has 9 heteroatoms. The molecule has 2 aromatic carbocycles. The average molecular weight is 537 g/mol. The van der Waals surface area contributed by atoms with Crippen LogP contribution in [0.25, 0.3) is 0 Å². The number of carbonyl (C=O) groups excluding carboxylic acids is 2. The number of carbonyl (C=O) groups is 2. The second-order valence-electron chi connectivity index (χ2n) is 10.7. The van der Waals surface area contributed by atoms with Crippen molar-refractivity contribution >= 4 is 28.9 Å². The number of non-ortho nitro benzene ring substituents is 1. The van der Waals surface area contributed by atoms with E-state index in [-0.39, 0.29) is 23.5 Å². The van der Waals surface area contributed by atoms with Gasteiger partial charge in [0.25, 0.3) is 11.6 Å². The number of anilines is 2. The number of nitrogens with zero attached hydrogens (tertiary/aromatic N) is 3. The molecule has 0 spiro atoms. The number of imide groups is 1. The Balaban J connectivity index is 1.49. The number of unbranched alkanes of at least 4 members (excludes halogenated alkanes) is 7. The summed E-state index contributed by atoms with van der Waals surface area (Å²) < 4.78 is 0. The molecule has 39 heavy (non-hydrogen) atoms. The normalized spacial score (nSPS) is 22.1. The maximum Gasteiger partial charge on any atom is 0.269 e. The molecule has 2 saturated heterocycles. The van der Waals surface area contributed by atoms with Gasteiger partial charge in [-0.25, -0.2) is 9.91 Å². The molecule has 2 N–H and O–H groups in total. The van der Waals surface area contributed by atoms with Crippen LogP contribution >= 0.6 is 0 Å². The Labute approximate surface area is 230 Å². The predicted octanol–water partition coefficient (Wildman–Crippen LogP) is 5.84. The first-order chi connectivity index (χ1) is 18.9. The second kappa shape index (κ2) is 13.7. The summed E-state index contributed by atoms with van der Waals surface area (Å²) in [7, 11) is 0. The Morgan fingerprint density at radius 3 is 2.21 bits per heavy atom. The number of hydrazine groups is 1. The van der Waals surface area contributed by atoms with Gasteiger partial charge in [0.05, 0.1) is 28.7 Å². The van der Waals surface area contributed by atoms with Crippen molar-refractivity contribution in [2.45, 2.75) is 95.7 Å². The summed E-state index contributed by atoms with van der Waals surface area (Å²) in [5, 5.41) is 24.1. The quantitative estimate of drug-likeness (QED) is 0.135. The SMILES string of the molecule is CCCCCCCCCCC(O)C1CCC2C(=O)N(c3ccccc3)C(=O)[C@H]2N1Nc1ccc([N+](=O)[O-])cc1. The molecule has 0 aliphatic carbocycles. The van der Waals surface area contributed by atoms with Crippen molar-refractivity contribution in [3.8, 4) is 0 Å². The van der Waals surface area contributed by atoms with Gasteiger partial charge in [-0.3, -0.25) is 19.7 Å². The predicted molar refractivity (Wildman–Crippen MR) is 151 cm³/mol. The number of benzene rings is 2. The molecule has 0 aromatic heterocycles. The van der Waals surface area contributed by atoms with Crippen molar-refractivity contribution in [2.24, 2.45) is 5.92 Å². The zero-order valence-corrected chi connectivity index (χ0v) is 22.7. The molecule has 2 fully saturated rings. The highest BCUT2D eigenvalue weighted by atomic mass is 16.6. The summed E-state index contributed by atoms with van der Waals surface area (Å²) in [4.78, 5) is 39.0. The minimum Gasteiger partial charge on any atom is -0.391 e. The maximum absolute atomic E-state index is 13.7. The fourth-order valence-electron chi connectivity index (χ4n) is 5.85. The van der Waals surface area contributed by atoms with E-state index in [0.717, 1.165) is 19.3 Å². The van der Waals surface area contributed by atoms with Gasteiger partial charge in [0.15, 0.2) is 0 Å². The lowest BCUT2D eigenvalue weighted by Crippen LogP contribution is -2.59. The first-order valence-corrected chi connectivity index (χ1v) is 14.3. The lowest BCUT2D eigenvalue weighted by Gasteiger charge is -2.43. The average Bonchev–Trinajstić information content (AvgIpc) is 3.20. The molecule has 9 nitrogen and oxygen atoms in total. The van der Waals surface area contributed by atoms with Crippen molar-refractivity contribution in [2.75, 3.05) is 10.3 Å². The summed E-state index contributed by atoms with van der Waals surface area (Å²) in [5.74, 6) is -1.09. The Morgan fingerprint density at radius 1 is 0.923 bits per heavy atom. The fourth-order valence-corrected chi connectivity index (χ4v) is 5.85. The van der Waals surface area contributed by atoms with E-state index in [9.17, 15) is 24.8 Å². The van der Waals surface area contributed by atoms with Crippen LogP contribution in [0.5, 0.6) is 0 Å². The Bertz CT molecular complexity index is 1110. The number of fused-ring (bicyclic) bond motifs is 1. The smallest absolute Gasteiger partial charge is 0.269 e. The molecule has 2 heterocycles. The van der Waals surface area contributed by atoms with E-state index in [0.29, 0.717) is 30.6 Å². The lowest BCUT2D eigenvalue weighted by molar-refractivity contribution is -0.384. The Hall–Kier alpha value is -3.30. The van der Waals surface area contributed by atoms with Crippen LogP contribution in [0.15, 0.2) is 54.6 Å². The summed E-state index contributed by atoms with van der Waals surface area (Å²) in [6.45, 7) is 2.21. The van der Waals surface area contributed by atoms with Gasteiger partial charge in [-0.05, 0) is 43.5 Å². The molecular formula is C30H40N4O5. The molecule has 2 aliphatic rings. The summed E-state index contributed by atoms with van der Waals surface area (Å²) in [6, 6.07) is 13.7. The van der Waals surface area contributed by atoms with Crippen molar-refractivity contribution in [1.29, 1.82) is 0 Å². The molecule has 4 rings (SSSR count). The zero-order chi connectivity index (χ0) is 27.8. The van der Waals surface area contributed by atoms with Crippen LogP contribution in [0.4, 0.5) is 17.1 Å². The molecule has 4 atom stereocenters. The lowest BCUT2D eigenvalue weighted by atomic mass is 9.85. The second-order valence-corrected chi connectivity index (χ2v) is 10.7. The van der Waals surface area contributed by atoms with Gasteiger partial charge < -0.3 is 10.5 Å². The van der Waals surface area contributed by atoms with Crippen molar-refractivity contribution in [3.63, 3.8) is 0 Å². The number of hydrogen-bond acceptors (Lipinski definition) is 7. The van der Waals surface area contributed by atoms with E-state index in [2.05, 4.69) is 12.3 Å². The monoisotopic (exact) mass is 536 g/mol. The third kappa shape index (κ3) is 6.83. The third-order valence-electron chi connectivity index (χ3n) is 7.97. The van der Waals surface area contributed by atoms with Gasteiger partial charge in [0.2, 0.25) is 5.91 Å². The molecule has 0 bridgehead atoms. The van der Waals surface area contributed by atoms with E-state index in [1.54, 1.807) is 41.4 Å². The summed E-state index contributed by atoms with van der Waals surface area (Å²) in [6.07, 6.45) is 10.4. The number of hydrogen-bond donors (Lipinski definition) is 2. The molecule has 2 aromatic rings. The van der Waals surface area contributed by atoms with Crippen LogP contribution in [0.3, 0.4) is 0 Å². The number of nitrogens with one attached hydrogen (secondary N) is 1. The zero-order valence-electron chi connectivity index (χ0n) is 22.7. The van der Waals surface area contributed by atoms with Crippen LogP contribution in [-0.4, -0.2) is 45.0 Å². The number of nitro groups is 1. The van der Waals surface area contributed by atoms with Gasteiger partial charge in [-0.15, -0.1) is 0 Å². The highest BCUT2D eigenvalue weighted by Crippen LogP contribution is 2.39. The number of para-hydroxylation sites is 1. The summed E-state index contributed by atoms with van der Waals surface area (Å²) in [5.41, 5.74) is 4.31. The Morgan fingerprint density at radius 2 is 1.56 bits per heavy atom. The van der Waals surface area contributed by atoms with Gasteiger partial charge in [0.1, 0.15) is 6.04 Å². The van der Waals surface area contributed by atoms with Gasteiger partial charge in [-0.1, -0.05) is 76.5 Å². The highest BCUT2D eigenvalue weighted by Gasteiger charge is 2.55. The van der Waals surface area contributed by atoms with Crippen molar-refractivity contribution in [1.82, 2.24) is 5.01 Å². The number of amides is 2.